The molecule has 3 heterocycles. The van der Waals surface area contributed by atoms with Crippen LogP contribution in [0.15, 0.2) is 54.9 Å². The molecule has 0 aliphatic carbocycles. The summed E-state index contributed by atoms with van der Waals surface area (Å²) in [5.74, 6) is 2.01. The SMILES string of the molecule is COc1ccc(OCC(=O)N2CCN(c3ncnc4c3nnn4-c3ccc(Cl)cc3)CC2)cc1. The van der Waals surface area contributed by atoms with Gasteiger partial charge in [-0.15, -0.1) is 5.10 Å². The van der Waals surface area contributed by atoms with Gasteiger partial charge in [-0.3, -0.25) is 4.79 Å². The minimum absolute atomic E-state index is 0.0144. The molecule has 0 N–H and O–H groups in total. The van der Waals surface area contributed by atoms with E-state index in [1.165, 1.54) is 6.33 Å². The molecule has 11 heteroatoms. The van der Waals surface area contributed by atoms with Crippen LogP contribution in [0, 0.1) is 0 Å². The highest BCUT2D eigenvalue weighted by atomic mass is 35.5. The zero-order valence-electron chi connectivity index (χ0n) is 18.5. The molecule has 2 aromatic carbocycles. The lowest BCUT2D eigenvalue weighted by molar-refractivity contribution is -0.133. The van der Waals surface area contributed by atoms with Crippen LogP contribution in [0.4, 0.5) is 5.82 Å². The van der Waals surface area contributed by atoms with E-state index in [4.69, 9.17) is 21.1 Å². The van der Waals surface area contributed by atoms with Gasteiger partial charge in [-0.25, -0.2) is 9.97 Å². The van der Waals surface area contributed by atoms with Crippen molar-refractivity contribution in [3.05, 3.63) is 59.9 Å². The van der Waals surface area contributed by atoms with Gasteiger partial charge in [-0.1, -0.05) is 16.8 Å². The molecule has 0 saturated carbocycles. The van der Waals surface area contributed by atoms with E-state index >= 15 is 0 Å². The third kappa shape index (κ3) is 4.44. The van der Waals surface area contributed by atoms with Gasteiger partial charge in [-0.2, -0.15) is 4.68 Å². The number of aromatic nitrogens is 5. The van der Waals surface area contributed by atoms with Crippen LogP contribution in [0.3, 0.4) is 0 Å². The lowest BCUT2D eigenvalue weighted by Crippen LogP contribution is -2.50. The first-order valence-corrected chi connectivity index (χ1v) is 11.1. The Bertz CT molecular complexity index is 1290. The van der Waals surface area contributed by atoms with Crippen LogP contribution in [-0.2, 0) is 4.79 Å². The summed E-state index contributed by atoms with van der Waals surface area (Å²) in [4.78, 5) is 25.4. The van der Waals surface area contributed by atoms with Gasteiger partial charge >= 0.3 is 0 Å². The highest BCUT2D eigenvalue weighted by Gasteiger charge is 2.25. The zero-order valence-corrected chi connectivity index (χ0v) is 19.2. The number of hydrogen-bond donors (Lipinski definition) is 0. The number of rotatable bonds is 6. The Hall–Kier alpha value is -3.92. The average molecular weight is 480 g/mol. The number of carbonyl (C=O) groups is 1. The molecule has 1 aliphatic rings. The maximum atomic E-state index is 12.6. The number of fused-ring (bicyclic) bond motifs is 1. The molecule has 1 fully saturated rings. The number of carbonyl (C=O) groups excluding carboxylic acids is 1. The molecule has 0 unspecified atom stereocenters. The van der Waals surface area contributed by atoms with Gasteiger partial charge < -0.3 is 19.3 Å². The highest BCUT2D eigenvalue weighted by molar-refractivity contribution is 6.30. The summed E-state index contributed by atoms with van der Waals surface area (Å²) in [6.45, 7) is 2.34. The fraction of sp³-hybridized carbons (Fsp3) is 0.261. The van der Waals surface area contributed by atoms with Crippen molar-refractivity contribution >= 4 is 34.5 Å². The Morgan fingerprint density at radius 3 is 2.38 bits per heavy atom. The van der Waals surface area contributed by atoms with Crippen molar-refractivity contribution in [2.45, 2.75) is 0 Å². The molecule has 34 heavy (non-hydrogen) atoms. The van der Waals surface area contributed by atoms with E-state index in [1.807, 2.05) is 12.1 Å². The van der Waals surface area contributed by atoms with Gasteiger partial charge in [0.05, 0.1) is 12.8 Å². The summed E-state index contributed by atoms with van der Waals surface area (Å²) >= 11 is 6.00. The predicted molar refractivity (Wildman–Crippen MR) is 127 cm³/mol. The van der Waals surface area contributed by atoms with Gasteiger partial charge in [0, 0.05) is 31.2 Å². The number of nitrogens with zero attached hydrogens (tertiary/aromatic N) is 7. The maximum absolute atomic E-state index is 12.6. The number of ether oxygens (including phenoxy) is 2. The first-order valence-electron chi connectivity index (χ1n) is 10.7. The second-order valence-corrected chi connectivity index (χ2v) is 8.12. The molecular weight excluding hydrogens is 458 g/mol. The van der Waals surface area contributed by atoms with E-state index < -0.39 is 0 Å². The van der Waals surface area contributed by atoms with E-state index in [0.29, 0.717) is 53.9 Å². The zero-order chi connectivity index (χ0) is 23.5. The normalized spacial score (nSPS) is 13.8. The lowest BCUT2D eigenvalue weighted by Gasteiger charge is -2.35. The lowest BCUT2D eigenvalue weighted by atomic mass is 10.3. The Labute approximate surface area is 200 Å². The minimum atomic E-state index is -0.0583. The third-order valence-corrected chi connectivity index (χ3v) is 5.90. The Morgan fingerprint density at radius 1 is 0.971 bits per heavy atom. The van der Waals surface area contributed by atoms with Crippen LogP contribution in [-0.4, -0.2) is 75.7 Å². The standard InChI is InChI=1S/C23H22ClN7O3/c1-33-18-6-8-19(9-7-18)34-14-20(32)29-10-12-30(13-11-29)22-21-23(26-15-25-22)31(28-27-21)17-4-2-16(24)3-5-17/h2-9,15H,10-14H2,1H3. The van der Waals surface area contributed by atoms with Crippen molar-refractivity contribution in [1.29, 1.82) is 0 Å². The number of benzene rings is 2. The van der Waals surface area contributed by atoms with Crippen molar-refractivity contribution in [1.82, 2.24) is 29.9 Å². The van der Waals surface area contributed by atoms with Crippen molar-refractivity contribution in [3.8, 4) is 17.2 Å². The van der Waals surface area contributed by atoms with Crippen molar-refractivity contribution in [3.63, 3.8) is 0 Å². The molecule has 1 saturated heterocycles. The maximum Gasteiger partial charge on any atom is 0.260 e. The van der Waals surface area contributed by atoms with Crippen molar-refractivity contribution in [2.75, 3.05) is 44.8 Å². The molecule has 10 nitrogen and oxygen atoms in total. The van der Waals surface area contributed by atoms with Crippen molar-refractivity contribution in [2.24, 2.45) is 0 Å². The molecule has 1 amide bonds. The smallest absolute Gasteiger partial charge is 0.260 e. The van der Waals surface area contributed by atoms with E-state index in [0.717, 1.165) is 11.4 Å². The number of hydrogen-bond acceptors (Lipinski definition) is 8. The Morgan fingerprint density at radius 2 is 1.68 bits per heavy atom. The number of methoxy groups -OCH3 is 1. The molecule has 0 bridgehead atoms. The molecule has 174 valence electrons. The summed E-state index contributed by atoms with van der Waals surface area (Å²) in [5.41, 5.74) is 2.03. The van der Waals surface area contributed by atoms with E-state index in [1.54, 1.807) is 53.1 Å². The minimum Gasteiger partial charge on any atom is -0.497 e. The molecule has 0 radical (unpaired) electrons. The first-order chi connectivity index (χ1) is 16.6. The van der Waals surface area contributed by atoms with Crippen molar-refractivity contribution < 1.29 is 14.3 Å². The van der Waals surface area contributed by atoms with Gasteiger partial charge in [-0.05, 0) is 48.5 Å². The van der Waals surface area contributed by atoms with Crippen LogP contribution < -0.4 is 14.4 Å². The Balaban J connectivity index is 1.23. The third-order valence-electron chi connectivity index (χ3n) is 5.64. The number of amides is 1. The topological polar surface area (TPSA) is 98.5 Å². The molecule has 0 spiro atoms. The first kappa shape index (κ1) is 21.9. The average Bonchev–Trinajstić information content (AvgIpc) is 3.32. The van der Waals surface area contributed by atoms with Gasteiger partial charge in [0.15, 0.2) is 23.6 Å². The van der Waals surface area contributed by atoms with Crippen LogP contribution >= 0.6 is 11.6 Å². The molecular formula is C23H22ClN7O3. The Kier molecular flexibility index (Phi) is 6.13. The quantitative estimate of drug-likeness (QED) is 0.416. The van der Waals surface area contributed by atoms with E-state index in [9.17, 15) is 4.79 Å². The van der Waals surface area contributed by atoms with E-state index in [-0.39, 0.29) is 12.5 Å². The van der Waals surface area contributed by atoms with Crippen LogP contribution in [0.2, 0.25) is 5.02 Å². The summed E-state index contributed by atoms with van der Waals surface area (Å²) in [6.07, 6.45) is 1.51. The summed E-state index contributed by atoms with van der Waals surface area (Å²) in [6, 6.07) is 14.5. The fourth-order valence-corrected chi connectivity index (χ4v) is 3.93. The number of piperazine rings is 1. The molecule has 2 aromatic heterocycles. The van der Waals surface area contributed by atoms with Gasteiger partial charge in [0.1, 0.15) is 17.8 Å². The van der Waals surface area contributed by atoms with Gasteiger partial charge in [0.2, 0.25) is 0 Å². The molecule has 4 aromatic rings. The molecule has 0 atom stereocenters. The largest absolute Gasteiger partial charge is 0.497 e. The predicted octanol–water partition coefficient (Wildman–Crippen LogP) is 2.60. The second-order valence-electron chi connectivity index (χ2n) is 7.68. The van der Waals surface area contributed by atoms with Crippen LogP contribution in [0.25, 0.3) is 16.9 Å². The summed E-state index contributed by atoms with van der Waals surface area (Å²) < 4.78 is 12.4. The second kappa shape index (κ2) is 9.52. The highest BCUT2D eigenvalue weighted by Crippen LogP contribution is 2.24. The number of anilines is 1. The van der Waals surface area contributed by atoms with Crippen LogP contribution in [0.5, 0.6) is 11.5 Å². The van der Waals surface area contributed by atoms with Crippen LogP contribution in [0.1, 0.15) is 0 Å². The summed E-state index contributed by atoms with van der Waals surface area (Å²) in [7, 11) is 1.60. The van der Waals surface area contributed by atoms with E-state index in [2.05, 4.69) is 25.2 Å². The molecule has 5 rings (SSSR count). The summed E-state index contributed by atoms with van der Waals surface area (Å²) in [5, 5.41) is 9.23. The fourth-order valence-electron chi connectivity index (χ4n) is 3.80. The number of halogens is 1. The van der Waals surface area contributed by atoms with Gasteiger partial charge in [0.25, 0.3) is 5.91 Å². The molecule has 1 aliphatic heterocycles. The monoisotopic (exact) mass is 479 g/mol.